The lowest BCUT2D eigenvalue weighted by atomic mass is 9.79. The first-order chi connectivity index (χ1) is 14.2. The number of hydrogen-bond donors (Lipinski definition) is 0. The van der Waals surface area contributed by atoms with Crippen LogP contribution in [-0.4, -0.2) is 0 Å². The van der Waals surface area contributed by atoms with Crippen molar-refractivity contribution in [2.24, 2.45) is 11.8 Å². The summed E-state index contributed by atoms with van der Waals surface area (Å²) >= 11 is 0. The lowest BCUT2D eigenvalue weighted by Crippen LogP contribution is -2.13. The van der Waals surface area contributed by atoms with Crippen LogP contribution in [-0.2, 0) is 12.8 Å². The second-order valence-electron chi connectivity index (χ2n) is 8.58. The van der Waals surface area contributed by atoms with E-state index in [0.29, 0.717) is 0 Å². The Bertz CT molecular complexity index is 975. The van der Waals surface area contributed by atoms with Crippen molar-refractivity contribution in [1.82, 2.24) is 0 Å². The molecule has 0 heterocycles. The molecule has 1 fully saturated rings. The van der Waals surface area contributed by atoms with E-state index < -0.39 is 0 Å². The minimum Gasteiger partial charge on any atom is -0.206 e. The first-order valence-electron chi connectivity index (χ1n) is 11.1. The standard InChI is InChI=1S/C28H31F/c1-3-20-5-7-21(8-6-20)9-10-22-11-13-24(14-12-22)25-17-18-27-26(19-25)16-15-23(4-2)28(27)29/h3,11-21H,1,4-10H2,2H3. The van der Waals surface area contributed by atoms with E-state index in [2.05, 4.69) is 43.0 Å². The van der Waals surface area contributed by atoms with Gasteiger partial charge >= 0.3 is 0 Å². The summed E-state index contributed by atoms with van der Waals surface area (Å²) in [5, 5.41) is 1.69. The number of allylic oxidation sites excluding steroid dienone is 1. The summed E-state index contributed by atoms with van der Waals surface area (Å²) in [4.78, 5) is 0. The molecule has 1 aliphatic rings. The Labute approximate surface area is 174 Å². The van der Waals surface area contributed by atoms with Crippen LogP contribution in [0.2, 0.25) is 0 Å². The number of halogens is 1. The summed E-state index contributed by atoms with van der Waals surface area (Å²) in [5.41, 5.74) is 4.55. The molecule has 0 aromatic heterocycles. The summed E-state index contributed by atoms with van der Waals surface area (Å²) in [6.45, 7) is 5.94. The number of benzene rings is 3. The molecule has 3 aromatic carbocycles. The number of fused-ring (bicyclic) bond motifs is 1. The van der Waals surface area contributed by atoms with Crippen molar-refractivity contribution >= 4 is 10.8 Å². The smallest absolute Gasteiger partial charge is 0.134 e. The molecule has 0 aliphatic heterocycles. The van der Waals surface area contributed by atoms with E-state index in [0.717, 1.165) is 46.6 Å². The third-order valence-corrected chi connectivity index (χ3v) is 6.77. The predicted octanol–water partition coefficient (Wildman–Crippen LogP) is 8.13. The molecular formula is C28H31F. The molecule has 150 valence electrons. The number of aryl methyl sites for hydroxylation is 2. The van der Waals surface area contributed by atoms with Crippen LogP contribution in [0.25, 0.3) is 21.9 Å². The third-order valence-electron chi connectivity index (χ3n) is 6.77. The fourth-order valence-electron chi connectivity index (χ4n) is 4.74. The molecule has 3 aromatic rings. The maximum absolute atomic E-state index is 14.5. The topological polar surface area (TPSA) is 0 Å². The lowest BCUT2D eigenvalue weighted by Gasteiger charge is -2.26. The van der Waals surface area contributed by atoms with Gasteiger partial charge in [-0.3, -0.25) is 0 Å². The van der Waals surface area contributed by atoms with Gasteiger partial charge < -0.3 is 0 Å². The molecule has 29 heavy (non-hydrogen) atoms. The summed E-state index contributed by atoms with van der Waals surface area (Å²) < 4.78 is 14.5. The van der Waals surface area contributed by atoms with E-state index in [1.165, 1.54) is 43.2 Å². The second kappa shape index (κ2) is 8.95. The van der Waals surface area contributed by atoms with Gasteiger partial charge in [-0.15, -0.1) is 6.58 Å². The molecule has 0 bridgehead atoms. The van der Waals surface area contributed by atoms with Crippen LogP contribution in [0, 0.1) is 17.7 Å². The van der Waals surface area contributed by atoms with Crippen molar-refractivity contribution in [3.8, 4) is 11.1 Å². The zero-order chi connectivity index (χ0) is 20.2. The van der Waals surface area contributed by atoms with E-state index in [-0.39, 0.29) is 5.82 Å². The summed E-state index contributed by atoms with van der Waals surface area (Å²) in [5.74, 6) is 1.54. The van der Waals surface area contributed by atoms with Crippen molar-refractivity contribution in [2.75, 3.05) is 0 Å². The average molecular weight is 387 g/mol. The largest absolute Gasteiger partial charge is 0.206 e. The van der Waals surface area contributed by atoms with Crippen molar-refractivity contribution in [2.45, 2.75) is 51.9 Å². The minimum absolute atomic E-state index is 0.0750. The Morgan fingerprint density at radius 3 is 2.34 bits per heavy atom. The lowest BCUT2D eigenvalue weighted by molar-refractivity contribution is 0.296. The van der Waals surface area contributed by atoms with Crippen molar-refractivity contribution < 1.29 is 4.39 Å². The highest BCUT2D eigenvalue weighted by Gasteiger charge is 2.18. The van der Waals surface area contributed by atoms with Crippen molar-refractivity contribution in [3.05, 3.63) is 84.2 Å². The van der Waals surface area contributed by atoms with Crippen LogP contribution in [0.5, 0.6) is 0 Å². The highest BCUT2D eigenvalue weighted by molar-refractivity contribution is 5.88. The van der Waals surface area contributed by atoms with Gasteiger partial charge in [0.05, 0.1) is 0 Å². The van der Waals surface area contributed by atoms with Gasteiger partial charge in [-0.05, 0) is 90.5 Å². The summed E-state index contributed by atoms with van der Waals surface area (Å²) in [7, 11) is 0. The van der Waals surface area contributed by atoms with Crippen LogP contribution in [0.4, 0.5) is 4.39 Å². The SMILES string of the molecule is C=CC1CCC(CCc2ccc(-c3ccc4c(F)c(CC)ccc4c3)cc2)CC1. The van der Waals surface area contributed by atoms with Crippen LogP contribution >= 0.6 is 0 Å². The van der Waals surface area contributed by atoms with Crippen LogP contribution in [0.15, 0.2) is 67.3 Å². The molecule has 1 saturated carbocycles. The van der Waals surface area contributed by atoms with Gasteiger partial charge in [0.25, 0.3) is 0 Å². The van der Waals surface area contributed by atoms with E-state index >= 15 is 0 Å². The number of hydrogen-bond acceptors (Lipinski definition) is 0. The second-order valence-corrected chi connectivity index (χ2v) is 8.58. The molecule has 0 amide bonds. The zero-order valence-corrected chi connectivity index (χ0v) is 17.5. The molecule has 1 aliphatic carbocycles. The predicted molar refractivity (Wildman–Crippen MR) is 123 cm³/mol. The van der Waals surface area contributed by atoms with Gasteiger partial charge in [-0.1, -0.05) is 61.5 Å². The summed E-state index contributed by atoms with van der Waals surface area (Å²) in [6, 6.07) is 19.0. The molecule has 0 saturated heterocycles. The van der Waals surface area contributed by atoms with E-state index in [4.69, 9.17) is 0 Å². The molecule has 4 rings (SSSR count). The van der Waals surface area contributed by atoms with Crippen molar-refractivity contribution in [3.63, 3.8) is 0 Å². The Morgan fingerprint density at radius 1 is 0.931 bits per heavy atom. The van der Waals surface area contributed by atoms with Crippen LogP contribution < -0.4 is 0 Å². The number of rotatable bonds is 6. The van der Waals surface area contributed by atoms with Crippen LogP contribution in [0.3, 0.4) is 0 Å². The minimum atomic E-state index is -0.0750. The van der Waals surface area contributed by atoms with Crippen molar-refractivity contribution in [1.29, 1.82) is 0 Å². The molecule has 0 atom stereocenters. The molecular weight excluding hydrogens is 355 g/mol. The maximum atomic E-state index is 14.5. The first kappa shape index (κ1) is 19.9. The van der Waals surface area contributed by atoms with E-state index in [9.17, 15) is 4.39 Å². The highest BCUT2D eigenvalue weighted by Crippen LogP contribution is 2.32. The average Bonchev–Trinajstić information content (AvgIpc) is 2.78. The Kier molecular flexibility index (Phi) is 6.13. The molecule has 0 unspecified atom stereocenters. The highest BCUT2D eigenvalue weighted by atomic mass is 19.1. The Morgan fingerprint density at radius 2 is 1.66 bits per heavy atom. The monoisotopic (exact) mass is 386 g/mol. The van der Waals surface area contributed by atoms with Crippen LogP contribution in [0.1, 0.15) is 50.2 Å². The molecule has 0 N–H and O–H groups in total. The van der Waals surface area contributed by atoms with Gasteiger partial charge in [0.1, 0.15) is 5.82 Å². The van der Waals surface area contributed by atoms with Gasteiger partial charge in [0.2, 0.25) is 0 Å². The van der Waals surface area contributed by atoms with Gasteiger partial charge in [0, 0.05) is 5.39 Å². The molecule has 0 nitrogen and oxygen atoms in total. The van der Waals surface area contributed by atoms with E-state index in [1.807, 2.05) is 31.2 Å². The summed E-state index contributed by atoms with van der Waals surface area (Å²) in [6.07, 6.45) is 10.6. The quantitative estimate of drug-likeness (QED) is 0.375. The van der Waals surface area contributed by atoms with Gasteiger partial charge in [-0.25, -0.2) is 4.39 Å². The zero-order valence-electron chi connectivity index (χ0n) is 17.5. The molecule has 0 radical (unpaired) electrons. The third kappa shape index (κ3) is 4.45. The molecule has 1 heteroatoms. The van der Waals surface area contributed by atoms with E-state index in [1.54, 1.807) is 0 Å². The Hall–Kier alpha value is -2.41. The Balaban J connectivity index is 1.43. The normalized spacial score (nSPS) is 19.4. The molecule has 0 spiro atoms. The maximum Gasteiger partial charge on any atom is 0.134 e. The fourth-order valence-corrected chi connectivity index (χ4v) is 4.74. The van der Waals surface area contributed by atoms with Gasteiger partial charge in [-0.2, -0.15) is 0 Å². The fraction of sp³-hybridized carbons (Fsp3) is 0.357. The first-order valence-corrected chi connectivity index (χ1v) is 11.1. The van der Waals surface area contributed by atoms with Gasteiger partial charge in [0.15, 0.2) is 0 Å².